The van der Waals surface area contributed by atoms with Crippen molar-refractivity contribution < 1.29 is 15.7 Å². The van der Waals surface area contributed by atoms with Crippen molar-refractivity contribution in [2.24, 2.45) is 0 Å². The molecule has 0 bridgehead atoms. The molecule has 130 valence electrons. The fourth-order valence-electron chi connectivity index (χ4n) is 2.12. The number of benzene rings is 3. The van der Waals surface area contributed by atoms with Crippen LogP contribution in [0, 0.1) is 7.14 Å². The summed E-state index contributed by atoms with van der Waals surface area (Å²) in [6.45, 7) is 0. The van der Waals surface area contributed by atoms with Gasteiger partial charge >= 0.3 is 156 Å². The Labute approximate surface area is 155 Å². The van der Waals surface area contributed by atoms with E-state index < -0.39 is 30.4 Å². The van der Waals surface area contributed by atoms with Gasteiger partial charge in [-0.25, -0.2) is 0 Å². The summed E-state index contributed by atoms with van der Waals surface area (Å²) >= 11 is -2.64. The molecule has 3 aromatic carbocycles. The van der Waals surface area contributed by atoms with E-state index in [-0.39, 0.29) is 4.90 Å². The second-order valence-corrected chi connectivity index (χ2v) is 11.5. The second-order valence-electron chi connectivity index (χ2n) is 5.03. The summed E-state index contributed by atoms with van der Waals surface area (Å²) in [4.78, 5) is 0.168. The van der Waals surface area contributed by atoms with E-state index >= 15 is 0 Å². The van der Waals surface area contributed by atoms with Gasteiger partial charge in [0, 0.05) is 0 Å². The van der Waals surface area contributed by atoms with Gasteiger partial charge in [0.2, 0.25) is 0 Å². The summed E-state index contributed by atoms with van der Waals surface area (Å²) in [7, 11) is -2.24. The van der Waals surface area contributed by atoms with Crippen molar-refractivity contribution in [3.63, 3.8) is 0 Å². The molecule has 0 saturated heterocycles. The Morgan fingerprint density at radius 1 is 0.720 bits per heavy atom. The third-order valence-corrected chi connectivity index (χ3v) is 10.7. The molecule has 3 aromatic rings. The van der Waals surface area contributed by atoms with Crippen molar-refractivity contribution in [1.82, 2.24) is 0 Å². The van der Waals surface area contributed by atoms with Crippen LogP contribution in [0.2, 0.25) is 0 Å². The van der Waals surface area contributed by atoms with Crippen molar-refractivity contribution in [2.75, 3.05) is 7.11 Å². The Bertz CT molecular complexity index is 911. The number of methoxy groups -OCH3 is 1. The maximum atomic E-state index is 12.7. The Morgan fingerprint density at radius 3 is 1.80 bits per heavy atom. The average Bonchev–Trinajstić information content (AvgIpc) is 2.68. The SMILES string of the molecule is COc1ccc(I(OS(=O)(=O)c2ccccc2)c2ccccc2)cc1. The van der Waals surface area contributed by atoms with E-state index in [4.69, 9.17) is 7.25 Å². The monoisotopic (exact) mass is 468 g/mol. The predicted molar refractivity (Wildman–Crippen MR) is 106 cm³/mol. The molecule has 0 amide bonds. The Morgan fingerprint density at radius 2 is 1.24 bits per heavy atom. The van der Waals surface area contributed by atoms with Gasteiger partial charge < -0.3 is 0 Å². The van der Waals surface area contributed by atoms with Gasteiger partial charge in [0.1, 0.15) is 0 Å². The zero-order valence-corrected chi connectivity index (χ0v) is 16.5. The third kappa shape index (κ3) is 4.39. The molecule has 0 spiro atoms. The third-order valence-electron chi connectivity index (χ3n) is 3.36. The molecule has 6 heteroatoms. The number of hydrogen-bond acceptors (Lipinski definition) is 4. The van der Waals surface area contributed by atoms with Crippen LogP contribution in [0.4, 0.5) is 0 Å². The van der Waals surface area contributed by atoms with Crippen LogP contribution in [0.5, 0.6) is 5.75 Å². The zero-order chi connectivity index (χ0) is 17.7. The van der Waals surface area contributed by atoms with Gasteiger partial charge in [0.25, 0.3) is 0 Å². The van der Waals surface area contributed by atoms with E-state index in [1.807, 2.05) is 54.6 Å². The second kappa shape index (κ2) is 7.99. The van der Waals surface area contributed by atoms with E-state index in [9.17, 15) is 8.42 Å². The van der Waals surface area contributed by atoms with Crippen molar-refractivity contribution in [3.05, 3.63) is 92.1 Å². The van der Waals surface area contributed by atoms with Crippen molar-refractivity contribution in [3.8, 4) is 5.75 Å². The van der Waals surface area contributed by atoms with Gasteiger partial charge in [-0.3, -0.25) is 0 Å². The van der Waals surface area contributed by atoms with E-state index in [0.717, 1.165) is 12.9 Å². The van der Waals surface area contributed by atoms with Crippen molar-refractivity contribution >= 4 is 30.4 Å². The topological polar surface area (TPSA) is 52.6 Å². The number of rotatable bonds is 6. The summed E-state index contributed by atoms with van der Waals surface area (Å²) in [6, 6.07) is 25.1. The van der Waals surface area contributed by atoms with Crippen LogP contribution in [-0.4, -0.2) is 15.5 Å². The molecule has 0 radical (unpaired) electrons. The van der Waals surface area contributed by atoms with Gasteiger partial charge in [-0.1, -0.05) is 0 Å². The Hall–Kier alpha value is -1.90. The van der Waals surface area contributed by atoms with Crippen LogP contribution < -0.4 is 4.74 Å². The molecule has 0 aliphatic carbocycles. The Kier molecular flexibility index (Phi) is 5.72. The molecule has 25 heavy (non-hydrogen) atoms. The first-order valence-corrected chi connectivity index (χ1v) is 11.9. The van der Waals surface area contributed by atoms with Crippen molar-refractivity contribution in [1.29, 1.82) is 0 Å². The number of hydrogen-bond donors (Lipinski definition) is 0. The molecule has 0 unspecified atom stereocenters. The first-order chi connectivity index (χ1) is 12.1. The van der Waals surface area contributed by atoms with Crippen LogP contribution in [0.1, 0.15) is 0 Å². The summed E-state index contributed by atoms with van der Waals surface area (Å²) in [5.41, 5.74) is 0. The van der Waals surface area contributed by atoms with Crippen LogP contribution in [-0.2, 0) is 12.6 Å². The fourth-order valence-corrected chi connectivity index (χ4v) is 9.08. The molecule has 0 aliphatic rings. The number of ether oxygens (including phenoxy) is 1. The molecule has 0 heterocycles. The van der Waals surface area contributed by atoms with Gasteiger partial charge in [-0.2, -0.15) is 0 Å². The normalized spacial score (nSPS) is 11.8. The minimum absolute atomic E-state index is 0.168. The molecule has 0 aliphatic heterocycles. The van der Waals surface area contributed by atoms with E-state index in [1.165, 1.54) is 0 Å². The summed E-state index contributed by atoms with van der Waals surface area (Å²) < 4.78 is 38.1. The molecule has 3 rings (SSSR count). The van der Waals surface area contributed by atoms with Crippen LogP contribution in [0.25, 0.3) is 0 Å². The molecule has 0 N–H and O–H groups in total. The summed E-state index contributed by atoms with van der Waals surface area (Å²) in [5, 5.41) is 0. The molecular weight excluding hydrogens is 451 g/mol. The van der Waals surface area contributed by atoms with Gasteiger partial charge in [0.05, 0.1) is 0 Å². The van der Waals surface area contributed by atoms with Gasteiger partial charge in [-0.05, 0) is 0 Å². The standard InChI is InChI=1S/C19H17IO4S/c1-23-18-14-12-17(13-15-18)20(16-8-4-2-5-9-16)24-25(21,22)19-10-6-3-7-11-19/h2-15H,1H3. The maximum absolute atomic E-state index is 12.7. The van der Waals surface area contributed by atoms with Gasteiger partial charge in [0.15, 0.2) is 0 Å². The minimum atomic E-state index is -3.83. The van der Waals surface area contributed by atoms with Crippen LogP contribution >= 0.6 is 20.2 Å². The van der Waals surface area contributed by atoms with Crippen LogP contribution in [0.3, 0.4) is 0 Å². The van der Waals surface area contributed by atoms with Gasteiger partial charge in [-0.15, -0.1) is 0 Å². The van der Waals surface area contributed by atoms with Crippen molar-refractivity contribution in [2.45, 2.75) is 4.90 Å². The molecule has 0 atom stereocenters. The summed E-state index contributed by atoms with van der Waals surface area (Å²) in [6.07, 6.45) is 0. The molecule has 0 fully saturated rings. The first-order valence-electron chi connectivity index (χ1n) is 7.49. The first kappa shape index (κ1) is 17.9. The quantitative estimate of drug-likeness (QED) is 0.498. The Balaban J connectivity index is 2.00. The molecule has 0 saturated carbocycles. The predicted octanol–water partition coefficient (Wildman–Crippen LogP) is 4.56. The average molecular weight is 468 g/mol. The summed E-state index contributed by atoms with van der Waals surface area (Å²) in [5.74, 6) is 0.721. The van der Waals surface area contributed by atoms with E-state index in [1.54, 1.807) is 37.4 Å². The zero-order valence-electron chi connectivity index (χ0n) is 13.5. The molecular formula is C19H17IO4S. The van der Waals surface area contributed by atoms with E-state index in [0.29, 0.717) is 0 Å². The fraction of sp³-hybridized carbons (Fsp3) is 0.0526. The van der Waals surface area contributed by atoms with Crippen LogP contribution in [0.15, 0.2) is 89.8 Å². The molecule has 0 aromatic heterocycles. The molecule has 4 nitrogen and oxygen atoms in total. The number of halogens is 1. The van der Waals surface area contributed by atoms with E-state index in [2.05, 4.69) is 0 Å².